The Morgan fingerprint density at radius 3 is 0.840 bits per heavy atom. The largest absolute Gasteiger partial charge is 0 e. The second kappa shape index (κ2) is 17.1. The Balaban J connectivity index is -0.000000312. The molecule has 0 aromatic heterocycles. The van der Waals surface area contributed by atoms with Crippen LogP contribution in [0.4, 0.5) is 0 Å². The van der Waals surface area contributed by atoms with Gasteiger partial charge in [-0.2, -0.15) is 0 Å². The van der Waals surface area contributed by atoms with Gasteiger partial charge >= 0.3 is 22.6 Å². The minimum absolute atomic E-state index is 0. The van der Waals surface area contributed by atoms with Gasteiger partial charge in [0.05, 0.1) is 0 Å². The van der Waals surface area contributed by atoms with Crippen molar-refractivity contribution in [2.24, 2.45) is 0 Å². The monoisotopic (exact) mass is 475 g/mol. The maximum atomic E-state index is 7.50. The van der Waals surface area contributed by atoms with Gasteiger partial charge in [-0.15, -0.1) is 15.8 Å². The zero-order valence-corrected chi connectivity index (χ0v) is 20.5. The maximum Gasteiger partial charge on any atom is 0 e. The molecule has 0 aliphatic carbocycles. The molecule has 0 spiro atoms. The van der Waals surface area contributed by atoms with Crippen LogP contribution in [0.3, 0.4) is 0 Å². The standard InChI is InChI=1S/2C9H19P.2CO.Rh/c2*1-9(2,3)10-7-5-4-6-8-10;2*1-2;/h2*4-8H2,1-3H3;;;. The van der Waals surface area contributed by atoms with Crippen LogP contribution in [0.1, 0.15) is 80.1 Å². The van der Waals surface area contributed by atoms with Crippen LogP contribution in [0.25, 0.3) is 0 Å². The normalized spacial score (nSPS) is 18.6. The van der Waals surface area contributed by atoms with Crippen molar-refractivity contribution in [3.05, 3.63) is 13.3 Å². The summed E-state index contributed by atoms with van der Waals surface area (Å²) in [6.07, 6.45) is 15.2. The van der Waals surface area contributed by atoms with Crippen molar-refractivity contribution in [2.45, 2.75) is 90.4 Å². The Hall–Kier alpha value is 0.963. The van der Waals surface area contributed by atoms with E-state index in [2.05, 4.69) is 54.8 Å². The molecular weight excluding hydrogens is 437 g/mol. The van der Waals surface area contributed by atoms with E-state index in [9.17, 15) is 0 Å². The summed E-state index contributed by atoms with van der Waals surface area (Å²) in [6.45, 7) is 23.4. The molecule has 2 rings (SSSR count). The van der Waals surface area contributed by atoms with Crippen LogP contribution in [0.15, 0.2) is 0 Å². The fourth-order valence-electron chi connectivity index (χ4n) is 3.13. The van der Waals surface area contributed by atoms with Gasteiger partial charge in [0, 0.05) is 19.5 Å². The summed E-state index contributed by atoms with van der Waals surface area (Å²) in [4.78, 5) is 0. The number of hydrogen-bond donors (Lipinski definition) is 0. The first-order valence-electron chi connectivity index (χ1n) is 9.12. The van der Waals surface area contributed by atoms with Crippen molar-refractivity contribution >= 4 is 15.8 Å². The topological polar surface area (TPSA) is 39.8 Å². The molecule has 0 atom stereocenters. The fraction of sp³-hybridized carbons (Fsp3) is 0.900. The van der Waals surface area contributed by atoms with E-state index in [4.69, 9.17) is 9.30 Å². The van der Waals surface area contributed by atoms with E-state index in [-0.39, 0.29) is 19.5 Å². The number of hydrogen-bond acceptors (Lipinski definition) is 0. The molecule has 25 heavy (non-hydrogen) atoms. The van der Waals surface area contributed by atoms with Crippen LogP contribution >= 0.6 is 15.8 Å². The van der Waals surface area contributed by atoms with Gasteiger partial charge in [-0.05, 0) is 60.6 Å². The van der Waals surface area contributed by atoms with Gasteiger partial charge in [0.15, 0.2) is 0 Å². The third-order valence-corrected chi connectivity index (χ3v) is 11.8. The van der Waals surface area contributed by atoms with Gasteiger partial charge in [0.25, 0.3) is 0 Å². The first kappa shape index (κ1) is 30.7. The van der Waals surface area contributed by atoms with Crippen molar-refractivity contribution in [2.75, 3.05) is 24.6 Å². The van der Waals surface area contributed by atoms with Crippen LogP contribution in [-0.4, -0.2) is 35.0 Å². The summed E-state index contributed by atoms with van der Waals surface area (Å²) in [7, 11) is 0.774. The van der Waals surface area contributed by atoms with Crippen LogP contribution in [0.5, 0.6) is 0 Å². The summed E-state index contributed by atoms with van der Waals surface area (Å²) in [5.74, 6) is 0. The fourth-order valence-corrected chi connectivity index (χ4v) is 8.68. The molecule has 0 saturated carbocycles. The Bertz CT molecular complexity index is 297. The summed E-state index contributed by atoms with van der Waals surface area (Å²) >= 11 is 0. The molecule has 0 N–H and O–H groups in total. The molecular formula is C20H38O2P2Rh. The smallest absolute Gasteiger partial charge is 0 e. The first-order chi connectivity index (χ1) is 11.2. The molecule has 1 radical (unpaired) electrons. The van der Waals surface area contributed by atoms with Gasteiger partial charge in [-0.1, -0.05) is 54.4 Å². The van der Waals surface area contributed by atoms with Gasteiger partial charge in [-0.3, -0.25) is 0 Å². The molecule has 2 aliphatic rings. The molecule has 2 fully saturated rings. The molecule has 2 saturated heterocycles. The summed E-state index contributed by atoms with van der Waals surface area (Å²) in [6, 6.07) is 0. The van der Waals surface area contributed by atoms with Gasteiger partial charge < -0.3 is 0 Å². The quantitative estimate of drug-likeness (QED) is 0.160. The summed E-state index contributed by atoms with van der Waals surface area (Å²) < 4.78 is 15.0. The van der Waals surface area contributed by atoms with Gasteiger partial charge in [0.1, 0.15) is 0 Å². The van der Waals surface area contributed by atoms with Crippen molar-refractivity contribution < 1.29 is 28.8 Å². The molecule has 2 heterocycles. The van der Waals surface area contributed by atoms with E-state index in [1.54, 1.807) is 24.6 Å². The van der Waals surface area contributed by atoms with Crippen molar-refractivity contribution in [3.8, 4) is 0 Å². The second-order valence-electron chi connectivity index (χ2n) is 8.44. The zero-order valence-electron chi connectivity index (χ0n) is 17.1. The molecule has 2 nitrogen and oxygen atoms in total. The first-order valence-corrected chi connectivity index (χ1v) is 12.5. The minimum atomic E-state index is 0. The van der Waals surface area contributed by atoms with Crippen LogP contribution < -0.4 is 0 Å². The Morgan fingerprint density at radius 1 is 0.520 bits per heavy atom. The molecule has 0 aromatic rings. The van der Waals surface area contributed by atoms with E-state index >= 15 is 0 Å². The zero-order chi connectivity index (χ0) is 19.2. The molecule has 0 bridgehead atoms. The molecule has 0 unspecified atom stereocenters. The van der Waals surface area contributed by atoms with E-state index in [0.717, 1.165) is 0 Å². The third kappa shape index (κ3) is 15.7. The molecule has 5 heteroatoms. The molecule has 0 aromatic carbocycles. The van der Waals surface area contributed by atoms with Gasteiger partial charge in [0.2, 0.25) is 0 Å². The van der Waals surface area contributed by atoms with Gasteiger partial charge in [-0.25, -0.2) is 0 Å². The van der Waals surface area contributed by atoms with Crippen molar-refractivity contribution in [1.82, 2.24) is 0 Å². The summed E-state index contributed by atoms with van der Waals surface area (Å²) in [5.41, 5.74) is 0. The Labute approximate surface area is 172 Å². The average Bonchev–Trinajstić information content (AvgIpc) is 2.59. The van der Waals surface area contributed by atoms with E-state index in [1.165, 1.54) is 38.5 Å². The van der Waals surface area contributed by atoms with Crippen LogP contribution in [0.2, 0.25) is 0 Å². The van der Waals surface area contributed by atoms with Crippen LogP contribution in [-0.2, 0) is 28.8 Å². The Morgan fingerprint density at radius 2 is 0.720 bits per heavy atom. The molecule has 149 valence electrons. The average molecular weight is 475 g/mol. The van der Waals surface area contributed by atoms with Crippen molar-refractivity contribution in [3.63, 3.8) is 0 Å². The van der Waals surface area contributed by atoms with Crippen LogP contribution in [0, 0.1) is 13.3 Å². The SMILES string of the molecule is CC(C)(C)P1CCCCC1.CC(C)(C)P1CCCCC1.[C-]#[O+].[C-]#[O+].[Rh]. The van der Waals surface area contributed by atoms with E-state index in [0.29, 0.717) is 26.2 Å². The molecule has 2 aliphatic heterocycles. The number of rotatable bonds is 0. The Kier molecular flexibility index (Phi) is 21.0. The van der Waals surface area contributed by atoms with E-state index in [1.807, 2.05) is 0 Å². The van der Waals surface area contributed by atoms with Crippen molar-refractivity contribution in [1.29, 1.82) is 0 Å². The summed E-state index contributed by atoms with van der Waals surface area (Å²) in [5, 5.41) is 1.27. The third-order valence-electron chi connectivity index (χ3n) is 4.61. The predicted octanol–water partition coefficient (Wildman–Crippen LogP) is 6.82. The predicted molar refractivity (Wildman–Crippen MR) is 108 cm³/mol. The second-order valence-corrected chi connectivity index (χ2v) is 15.1. The minimum Gasteiger partial charge on any atom is 0 e. The van der Waals surface area contributed by atoms with E-state index < -0.39 is 0 Å². The maximum absolute atomic E-state index is 7.50. The molecule has 0 amide bonds.